The molecule has 0 aromatic carbocycles. The van der Waals surface area contributed by atoms with E-state index in [2.05, 4.69) is 5.32 Å². The Bertz CT molecular complexity index is 72.7. The molecule has 0 aliphatic rings. The van der Waals surface area contributed by atoms with Gasteiger partial charge in [0.25, 0.3) is 0 Å². The Balaban J connectivity index is 3.07. The molecule has 0 amide bonds. The van der Waals surface area contributed by atoms with Crippen molar-refractivity contribution in [3.63, 3.8) is 0 Å². The molecule has 0 heterocycles. The molecule has 0 rings (SSSR count). The van der Waals surface area contributed by atoms with Crippen LogP contribution in [0.3, 0.4) is 0 Å². The largest absolute Gasteiger partial charge is 0.507 e. The predicted octanol–water partition coefficient (Wildman–Crippen LogP) is -1.56. The van der Waals surface area contributed by atoms with Crippen molar-refractivity contribution in [3.05, 3.63) is 0 Å². The maximum absolute atomic E-state index is 8.43. The standard InChI is InChI=1S/C4H13NO3Si/c1-2-3-5-4-9(6,7)8/h5-8H,2-4H2,1H3. The Morgan fingerprint density at radius 3 is 2.22 bits per heavy atom. The van der Waals surface area contributed by atoms with Crippen LogP contribution in [0.5, 0.6) is 0 Å². The van der Waals surface area contributed by atoms with Crippen molar-refractivity contribution in [2.24, 2.45) is 0 Å². The topological polar surface area (TPSA) is 72.7 Å². The molecule has 0 aromatic rings. The first kappa shape index (κ1) is 9.06. The average molecular weight is 151 g/mol. The van der Waals surface area contributed by atoms with Crippen molar-refractivity contribution in [2.75, 3.05) is 12.7 Å². The van der Waals surface area contributed by atoms with Gasteiger partial charge < -0.3 is 19.7 Å². The van der Waals surface area contributed by atoms with Gasteiger partial charge in [0, 0.05) is 0 Å². The SMILES string of the molecule is CCCNC[Si](O)(O)O. The van der Waals surface area contributed by atoms with Crippen molar-refractivity contribution in [2.45, 2.75) is 13.3 Å². The van der Waals surface area contributed by atoms with Crippen LogP contribution in [0.25, 0.3) is 0 Å². The highest BCUT2D eigenvalue weighted by Crippen LogP contribution is 1.80. The van der Waals surface area contributed by atoms with Crippen LogP contribution in [0, 0.1) is 0 Å². The zero-order valence-electron chi connectivity index (χ0n) is 5.46. The third kappa shape index (κ3) is 8.06. The third-order valence-electron chi connectivity index (χ3n) is 0.789. The lowest BCUT2D eigenvalue weighted by Crippen LogP contribution is -2.46. The highest BCUT2D eigenvalue weighted by molar-refractivity contribution is 6.56. The van der Waals surface area contributed by atoms with Gasteiger partial charge in [0.15, 0.2) is 0 Å². The van der Waals surface area contributed by atoms with E-state index < -0.39 is 8.80 Å². The van der Waals surface area contributed by atoms with Crippen LogP contribution in [0.1, 0.15) is 13.3 Å². The minimum Gasteiger partial charge on any atom is -0.389 e. The van der Waals surface area contributed by atoms with Crippen LogP contribution in [-0.4, -0.2) is 35.9 Å². The third-order valence-corrected chi connectivity index (χ3v) is 1.51. The zero-order chi connectivity index (χ0) is 7.33. The Hall–Kier alpha value is 0.0569. The van der Waals surface area contributed by atoms with Crippen LogP contribution in [0.2, 0.25) is 0 Å². The van der Waals surface area contributed by atoms with Crippen LogP contribution in [-0.2, 0) is 0 Å². The molecule has 0 spiro atoms. The summed E-state index contributed by atoms with van der Waals surface area (Å²) in [6, 6.07) is 0. The van der Waals surface area contributed by atoms with Crippen molar-refractivity contribution >= 4 is 8.80 Å². The van der Waals surface area contributed by atoms with E-state index in [0.717, 1.165) is 6.42 Å². The van der Waals surface area contributed by atoms with Crippen LogP contribution in [0.4, 0.5) is 0 Å². The molecule has 0 fully saturated rings. The number of rotatable bonds is 4. The first-order valence-electron chi connectivity index (χ1n) is 2.94. The number of hydrogen-bond acceptors (Lipinski definition) is 4. The molecule has 5 heteroatoms. The normalized spacial score (nSPS) is 12.0. The van der Waals surface area contributed by atoms with E-state index in [4.69, 9.17) is 14.4 Å². The molecule has 0 radical (unpaired) electrons. The van der Waals surface area contributed by atoms with Gasteiger partial charge in [-0.1, -0.05) is 6.92 Å². The quantitative estimate of drug-likeness (QED) is 0.290. The van der Waals surface area contributed by atoms with Gasteiger partial charge in [0.05, 0.1) is 6.17 Å². The van der Waals surface area contributed by atoms with Gasteiger partial charge in [0.1, 0.15) is 0 Å². The minimum atomic E-state index is -3.81. The summed E-state index contributed by atoms with van der Waals surface area (Å²) in [5.74, 6) is 0. The van der Waals surface area contributed by atoms with E-state index >= 15 is 0 Å². The molecule has 0 saturated carbocycles. The molecule has 0 aromatic heterocycles. The van der Waals surface area contributed by atoms with Gasteiger partial charge >= 0.3 is 8.80 Å². The van der Waals surface area contributed by atoms with Crippen LogP contribution < -0.4 is 5.32 Å². The van der Waals surface area contributed by atoms with Crippen molar-refractivity contribution in [1.82, 2.24) is 5.32 Å². The molecule has 4 N–H and O–H groups in total. The monoisotopic (exact) mass is 151 g/mol. The average Bonchev–Trinajstić information content (AvgIpc) is 1.63. The Morgan fingerprint density at radius 2 is 1.89 bits per heavy atom. The Labute approximate surface area is 55.5 Å². The summed E-state index contributed by atoms with van der Waals surface area (Å²) >= 11 is 0. The molecule has 0 bridgehead atoms. The molecule has 0 aliphatic carbocycles. The molecular formula is C4H13NO3Si. The summed E-state index contributed by atoms with van der Waals surface area (Å²) in [7, 11) is -3.81. The van der Waals surface area contributed by atoms with E-state index in [1.165, 1.54) is 0 Å². The second kappa shape index (κ2) is 3.97. The summed E-state index contributed by atoms with van der Waals surface area (Å²) in [5, 5.41) is 2.69. The first-order valence-corrected chi connectivity index (χ1v) is 4.99. The summed E-state index contributed by atoms with van der Waals surface area (Å²) in [6.07, 6.45) is 0.852. The summed E-state index contributed by atoms with van der Waals surface area (Å²) < 4.78 is 0. The van der Waals surface area contributed by atoms with Gasteiger partial charge in [-0.25, -0.2) is 0 Å². The lowest BCUT2D eigenvalue weighted by Gasteiger charge is -2.08. The summed E-state index contributed by atoms with van der Waals surface area (Å²) in [5.41, 5.74) is 0. The molecule has 4 nitrogen and oxygen atoms in total. The van der Waals surface area contributed by atoms with E-state index in [-0.39, 0.29) is 6.17 Å². The lowest BCUT2D eigenvalue weighted by molar-refractivity contribution is 0.224. The van der Waals surface area contributed by atoms with Crippen LogP contribution >= 0.6 is 0 Å². The van der Waals surface area contributed by atoms with Gasteiger partial charge in [-0.3, -0.25) is 0 Å². The lowest BCUT2D eigenvalue weighted by atomic mass is 10.5. The molecule has 9 heavy (non-hydrogen) atoms. The molecular weight excluding hydrogens is 138 g/mol. The zero-order valence-corrected chi connectivity index (χ0v) is 6.46. The molecule has 0 saturated heterocycles. The maximum Gasteiger partial charge on any atom is 0.507 e. The highest BCUT2D eigenvalue weighted by atomic mass is 28.4. The fourth-order valence-electron chi connectivity index (χ4n) is 0.433. The number of nitrogens with one attached hydrogen (secondary N) is 1. The van der Waals surface area contributed by atoms with E-state index in [0.29, 0.717) is 6.54 Å². The Morgan fingerprint density at radius 1 is 1.33 bits per heavy atom. The molecule has 56 valence electrons. The minimum absolute atomic E-state index is 0.0686. The van der Waals surface area contributed by atoms with Gasteiger partial charge in [-0.05, 0) is 13.0 Å². The van der Waals surface area contributed by atoms with E-state index in [9.17, 15) is 0 Å². The predicted molar refractivity (Wildman–Crippen MR) is 35.6 cm³/mol. The van der Waals surface area contributed by atoms with E-state index in [1.54, 1.807) is 0 Å². The summed E-state index contributed by atoms with van der Waals surface area (Å²) in [4.78, 5) is 25.3. The Kier molecular flexibility index (Phi) is 3.99. The first-order chi connectivity index (χ1) is 4.06. The second-order valence-electron chi connectivity index (χ2n) is 1.95. The van der Waals surface area contributed by atoms with Gasteiger partial charge in [0.2, 0.25) is 0 Å². The smallest absolute Gasteiger partial charge is 0.389 e. The molecule has 0 aliphatic heterocycles. The van der Waals surface area contributed by atoms with Crippen molar-refractivity contribution < 1.29 is 14.4 Å². The maximum atomic E-state index is 8.43. The summed E-state index contributed by atoms with van der Waals surface area (Å²) in [6.45, 7) is 2.67. The van der Waals surface area contributed by atoms with E-state index in [1.807, 2.05) is 6.92 Å². The highest BCUT2D eigenvalue weighted by Gasteiger charge is 2.25. The number of hydrogen-bond donors (Lipinski definition) is 4. The van der Waals surface area contributed by atoms with Crippen molar-refractivity contribution in [1.29, 1.82) is 0 Å². The molecule has 0 unspecified atom stereocenters. The fraction of sp³-hybridized carbons (Fsp3) is 1.00. The molecule has 0 atom stereocenters. The van der Waals surface area contributed by atoms with Crippen molar-refractivity contribution in [3.8, 4) is 0 Å². The second-order valence-corrected chi connectivity index (χ2v) is 3.85. The van der Waals surface area contributed by atoms with Crippen LogP contribution in [0.15, 0.2) is 0 Å². The van der Waals surface area contributed by atoms with Gasteiger partial charge in [-0.2, -0.15) is 0 Å². The fourth-order valence-corrected chi connectivity index (χ4v) is 0.945. The van der Waals surface area contributed by atoms with Gasteiger partial charge in [-0.15, -0.1) is 0 Å².